The third kappa shape index (κ3) is 2.09. The molecule has 0 saturated carbocycles. The number of benzene rings is 1. The lowest BCUT2D eigenvalue weighted by Gasteiger charge is -2.04. The van der Waals surface area contributed by atoms with Crippen molar-refractivity contribution in [2.45, 2.75) is 0 Å². The molecule has 0 fully saturated rings. The molecular weight excluding hydrogens is 234 g/mol. The molecule has 0 aliphatic carbocycles. The summed E-state index contributed by atoms with van der Waals surface area (Å²) in [7, 11) is 0. The van der Waals surface area contributed by atoms with Gasteiger partial charge in [0.1, 0.15) is 0 Å². The first-order valence-corrected chi connectivity index (χ1v) is 4.29. The van der Waals surface area contributed by atoms with Crippen LogP contribution in [0.25, 0.3) is 5.57 Å². The number of carbonyl (C=O) groups is 1. The Hall–Kier alpha value is -1.29. The molecule has 0 atom stereocenters. The molecule has 0 radical (unpaired) electrons. The van der Waals surface area contributed by atoms with E-state index in [9.17, 15) is 4.79 Å². The summed E-state index contributed by atoms with van der Waals surface area (Å²) >= 11 is 3.23. The van der Waals surface area contributed by atoms with Gasteiger partial charge < -0.3 is 10.8 Å². The minimum absolute atomic E-state index is 0.00463. The predicted molar refractivity (Wildman–Crippen MR) is 55.2 cm³/mol. The van der Waals surface area contributed by atoms with Crippen molar-refractivity contribution in [3.05, 3.63) is 34.8 Å². The third-order valence-corrected chi connectivity index (χ3v) is 2.09. The normalized spacial score (nSPS) is 9.62. The molecule has 0 bridgehead atoms. The maximum Gasteiger partial charge on any atom is 0.335 e. The molecule has 1 aromatic rings. The zero-order valence-electron chi connectivity index (χ0n) is 6.75. The molecule has 0 aromatic heterocycles. The first-order chi connectivity index (χ1) is 6.02. The quantitative estimate of drug-likeness (QED) is 0.616. The highest BCUT2D eigenvalue weighted by Crippen LogP contribution is 2.23. The Kier molecular flexibility index (Phi) is 2.72. The van der Waals surface area contributed by atoms with E-state index in [0.717, 1.165) is 4.47 Å². The summed E-state index contributed by atoms with van der Waals surface area (Å²) in [6.45, 7) is 3.42. The summed E-state index contributed by atoms with van der Waals surface area (Å²) in [6.07, 6.45) is 0. The number of hydrogen-bond donors (Lipinski definition) is 2. The Morgan fingerprint density at radius 2 is 2.15 bits per heavy atom. The van der Waals surface area contributed by atoms with Crippen LogP contribution in [0.5, 0.6) is 0 Å². The number of nitrogens with two attached hydrogens (primary N) is 1. The fourth-order valence-corrected chi connectivity index (χ4v) is 1.30. The molecule has 0 aliphatic heterocycles. The number of halogens is 1. The van der Waals surface area contributed by atoms with E-state index in [1.165, 1.54) is 0 Å². The van der Waals surface area contributed by atoms with Crippen molar-refractivity contribution < 1.29 is 9.90 Å². The highest BCUT2D eigenvalue weighted by molar-refractivity contribution is 9.10. The Balaban J connectivity index is 3.16. The molecule has 13 heavy (non-hydrogen) atoms. The number of anilines is 1. The van der Waals surface area contributed by atoms with Crippen LogP contribution in [0, 0.1) is 0 Å². The van der Waals surface area contributed by atoms with Gasteiger partial charge in [-0.25, -0.2) is 4.79 Å². The van der Waals surface area contributed by atoms with Crippen LogP contribution < -0.4 is 5.73 Å². The van der Waals surface area contributed by atoms with Crippen molar-refractivity contribution in [3.8, 4) is 0 Å². The Morgan fingerprint density at radius 3 is 2.62 bits per heavy atom. The van der Waals surface area contributed by atoms with Gasteiger partial charge >= 0.3 is 5.97 Å². The van der Waals surface area contributed by atoms with Gasteiger partial charge in [0.25, 0.3) is 0 Å². The van der Waals surface area contributed by atoms with Crippen molar-refractivity contribution in [2.24, 2.45) is 0 Å². The van der Waals surface area contributed by atoms with Gasteiger partial charge in [-0.05, 0) is 12.1 Å². The first kappa shape index (κ1) is 9.80. The number of nitrogen functional groups attached to an aromatic ring is 1. The SMILES string of the molecule is C=C(C(=O)O)c1ccc(Br)cc1N. The maximum atomic E-state index is 10.6. The molecule has 1 rings (SSSR count). The number of rotatable bonds is 2. The van der Waals surface area contributed by atoms with Crippen molar-refractivity contribution in [1.29, 1.82) is 0 Å². The second kappa shape index (κ2) is 3.62. The van der Waals surface area contributed by atoms with E-state index in [1.54, 1.807) is 18.2 Å². The van der Waals surface area contributed by atoms with Gasteiger partial charge in [0, 0.05) is 15.7 Å². The summed E-state index contributed by atoms with van der Waals surface area (Å²) < 4.78 is 0.812. The maximum absolute atomic E-state index is 10.6. The van der Waals surface area contributed by atoms with E-state index >= 15 is 0 Å². The summed E-state index contributed by atoms with van der Waals surface area (Å²) in [5.41, 5.74) is 6.47. The monoisotopic (exact) mass is 241 g/mol. The Bertz CT molecular complexity index is 374. The first-order valence-electron chi connectivity index (χ1n) is 3.50. The average molecular weight is 242 g/mol. The van der Waals surface area contributed by atoms with Crippen molar-refractivity contribution in [2.75, 3.05) is 5.73 Å². The topological polar surface area (TPSA) is 63.3 Å². The second-order valence-corrected chi connectivity index (χ2v) is 3.43. The lowest BCUT2D eigenvalue weighted by Crippen LogP contribution is -2.01. The molecule has 0 unspecified atom stereocenters. The second-order valence-electron chi connectivity index (χ2n) is 2.52. The summed E-state index contributed by atoms with van der Waals surface area (Å²) in [6, 6.07) is 4.99. The largest absolute Gasteiger partial charge is 0.478 e. The zero-order chi connectivity index (χ0) is 10.0. The molecule has 0 amide bonds. The van der Waals surface area contributed by atoms with Crippen LogP contribution in [0.4, 0.5) is 5.69 Å². The summed E-state index contributed by atoms with van der Waals surface area (Å²) in [4.78, 5) is 10.6. The van der Waals surface area contributed by atoms with Gasteiger partial charge in [-0.1, -0.05) is 28.6 Å². The van der Waals surface area contributed by atoms with Gasteiger partial charge in [0.2, 0.25) is 0 Å². The number of carboxylic acids is 1. The fraction of sp³-hybridized carbons (Fsp3) is 0. The smallest absolute Gasteiger partial charge is 0.335 e. The molecule has 0 spiro atoms. The van der Waals surface area contributed by atoms with E-state index < -0.39 is 5.97 Å². The Morgan fingerprint density at radius 1 is 1.54 bits per heavy atom. The third-order valence-electron chi connectivity index (χ3n) is 1.60. The van der Waals surface area contributed by atoms with Crippen LogP contribution in [0.15, 0.2) is 29.3 Å². The minimum atomic E-state index is -1.06. The van der Waals surface area contributed by atoms with Crippen molar-refractivity contribution in [1.82, 2.24) is 0 Å². The van der Waals surface area contributed by atoms with Crippen LogP contribution in [0.2, 0.25) is 0 Å². The lowest BCUT2D eigenvalue weighted by molar-refractivity contribution is -0.130. The molecule has 3 N–H and O–H groups in total. The van der Waals surface area contributed by atoms with Gasteiger partial charge in [0.05, 0.1) is 5.57 Å². The average Bonchev–Trinajstić information content (AvgIpc) is 2.03. The molecule has 68 valence electrons. The highest BCUT2D eigenvalue weighted by atomic mass is 79.9. The summed E-state index contributed by atoms with van der Waals surface area (Å²) in [5, 5.41) is 8.66. The molecule has 0 heterocycles. The van der Waals surface area contributed by atoms with Crippen LogP contribution in [0.1, 0.15) is 5.56 Å². The van der Waals surface area contributed by atoms with Gasteiger partial charge in [0.15, 0.2) is 0 Å². The van der Waals surface area contributed by atoms with Crippen LogP contribution in [-0.4, -0.2) is 11.1 Å². The van der Waals surface area contributed by atoms with E-state index in [1.807, 2.05) is 0 Å². The van der Waals surface area contributed by atoms with Crippen molar-refractivity contribution >= 4 is 33.2 Å². The standard InChI is InChI=1S/C9H8BrNO2/c1-5(9(12)13)7-3-2-6(10)4-8(7)11/h2-4H,1,11H2,(H,12,13). The van der Waals surface area contributed by atoms with Crippen LogP contribution >= 0.6 is 15.9 Å². The van der Waals surface area contributed by atoms with E-state index in [-0.39, 0.29) is 5.57 Å². The van der Waals surface area contributed by atoms with Crippen molar-refractivity contribution in [3.63, 3.8) is 0 Å². The number of aliphatic carboxylic acids is 1. The lowest BCUT2D eigenvalue weighted by atomic mass is 10.1. The van der Waals surface area contributed by atoms with E-state index in [4.69, 9.17) is 10.8 Å². The molecular formula is C9H8BrNO2. The molecule has 0 aliphatic rings. The Labute approximate surface area is 84.0 Å². The van der Waals surface area contributed by atoms with Gasteiger partial charge in [-0.15, -0.1) is 0 Å². The highest BCUT2D eigenvalue weighted by Gasteiger charge is 2.10. The van der Waals surface area contributed by atoms with Crippen LogP contribution in [-0.2, 0) is 4.79 Å². The molecule has 1 aromatic carbocycles. The van der Waals surface area contributed by atoms with Gasteiger partial charge in [-0.3, -0.25) is 0 Å². The van der Waals surface area contributed by atoms with E-state index in [0.29, 0.717) is 11.3 Å². The number of hydrogen-bond acceptors (Lipinski definition) is 2. The number of carboxylic acid groups (broad SMARTS) is 1. The minimum Gasteiger partial charge on any atom is -0.478 e. The molecule has 0 saturated heterocycles. The summed E-state index contributed by atoms with van der Waals surface area (Å²) in [5.74, 6) is -1.06. The predicted octanol–water partition coefficient (Wildman–Crippen LogP) is 2.13. The fourth-order valence-electron chi connectivity index (χ4n) is 0.924. The zero-order valence-corrected chi connectivity index (χ0v) is 8.34. The van der Waals surface area contributed by atoms with Crippen LogP contribution in [0.3, 0.4) is 0 Å². The molecule has 4 heteroatoms. The van der Waals surface area contributed by atoms with E-state index in [2.05, 4.69) is 22.5 Å². The van der Waals surface area contributed by atoms with Gasteiger partial charge in [-0.2, -0.15) is 0 Å². The molecule has 3 nitrogen and oxygen atoms in total.